The molecule has 0 radical (unpaired) electrons. The van der Waals surface area contributed by atoms with Gasteiger partial charge >= 0.3 is 0 Å². The van der Waals surface area contributed by atoms with Gasteiger partial charge in [0.2, 0.25) is 5.89 Å². The normalized spacial score (nSPS) is 22.2. The summed E-state index contributed by atoms with van der Waals surface area (Å²) in [6.07, 6.45) is 2.46. The molecule has 0 aliphatic carbocycles. The topological polar surface area (TPSA) is 76.3 Å². The summed E-state index contributed by atoms with van der Waals surface area (Å²) in [5, 5.41) is 3.91. The Kier molecular flexibility index (Phi) is 4.57. The van der Waals surface area contributed by atoms with Crippen LogP contribution < -0.4 is 0 Å². The van der Waals surface area contributed by atoms with Gasteiger partial charge < -0.3 is 4.52 Å². The van der Waals surface area contributed by atoms with Gasteiger partial charge in [-0.15, -0.1) is 0 Å². The van der Waals surface area contributed by atoms with Crippen LogP contribution in [0.25, 0.3) is 0 Å². The zero-order chi connectivity index (χ0) is 13.9. The molecule has 0 bridgehead atoms. The number of hydrogen-bond acceptors (Lipinski definition) is 6. The first-order valence-corrected chi connectivity index (χ1v) is 8.51. The van der Waals surface area contributed by atoms with E-state index in [4.69, 9.17) is 4.52 Å². The molecule has 6 nitrogen and oxygen atoms in total. The summed E-state index contributed by atoms with van der Waals surface area (Å²) < 4.78 is 27.8. The van der Waals surface area contributed by atoms with Gasteiger partial charge in [0.25, 0.3) is 0 Å². The van der Waals surface area contributed by atoms with Gasteiger partial charge in [0.05, 0.1) is 18.1 Å². The van der Waals surface area contributed by atoms with Crippen LogP contribution in [0.4, 0.5) is 0 Å². The van der Waals surface area contributed by atoms with Crippen LogP contribution >= 0.6 is 0 Å². The van der Waals surface area contributed by atoms with Crippen LogP contribution in [-0.4, -0.2) is 48.6 Å². The maximum atomic E-state index is 11.4. The van der Waals surface area contributed by atoms with Crippen molar-refractivity contribution in [3.8, 4) is 0 Å². The monoisotopic (exact) mass is 287 g/mol. The fraction of sp³-hybridized carbons (Fsp3) is 0.833. The van der Waals surface area contributed by atoms with E-state index in [1.807, 2.05) is 14.0 Å². The quantitative estimate of drug-likeness (QED) is 0.773. The van der Waals surface area contributed by atoms with Crippen molar-refractivity contribution in [2.75, 3.05) is 25.1 Å². The zero-order valence-electron chi connectivity index (χ0n) is 11.5. The van der Waals surface area contributed by atoms with Crippen molar-refractivity contribution in [1.82, 2.24) is 15.0 Å². The van der Waals surface area contributed by atoms with Crippen molar-refractivity contribution in [3.05, 3.63) is 11.7 Å². The van der Waals surface area contributed by atoms with Crippen LogP contribution in [0.5, 0.6) is 0 Å². The predicted molar refractivity (Wildman–Crippen MR) is 71.4 cm³/mol. The Morgan fingerprint density at radius 3 is 2.84 bits per heavy atom. The molecule has 1 aromatic rings. The fourth-order valence-corrected chi connectivity index (χ4v) is 4.23. The van der Waals surface area contributed by atoms with Gasteiger partial charge in [0.15, 0.2) is 15.7 Å². The first-order valence-electron chi connectivity index (χ1n) is 6.69. The van der Waals surface area contributed by atoms with E-state index in [1.165, 1.54) is 0 Å². The number of aryl methyl sites for hydroxylation is 1. The molecule has 1 saturated heterocycles. The van der Waals surface area contributed by atoms with Crippen molar-refractivity contribution in [2.45, 2.75) is 32.7 Å². The molecule has 1 fully saturated rings. The average Bonchev–Trinajstić information content (AvgIpc) is 2.93. The van der Waals surface area contributed by atoms with Gasteiger partial charge in [0, 0.05) is 6.42 Å². The molecule has 0 spiro atoms. The number of rotatable bonds is 6. The lowest BCUT2D eigenvalue weighted by Gasteiger charge is -2.16. The average molecular weight is 287 g/mol. The molecule has 19 heavy (non-hydrogen) atoms. The number of aromatic nitrogens is 2. The summed E-state index contributed by atoms with van der Waals surface area (Å²) in [6.45, 7) is 3.47. The summed E-state index contributed by atoms with van der Waals surface area (Å²) in [5.74, 6) is 2.36. The summed E-state index contributed by atoms with van der Waals surface area (Å²) in [5.41, 5.74) is 0. The number of hydrogen-bond donors (Lipinski definition) is 0. The van der Waals surface area contributed by atoms with Gasteiger partial charge in [-0.25, -0.2) is 8.42 Å². The summed E-state index contributed by atoms with van der Waals surface area (Å²) >= 11 is 0. The zero-order valence-corrected chi connectivity index (χ0v) is 12.3. The lowest BCUT2D eigenvalue weighted by molar-refractivity contribution is 0.286. The molecule has 2 heterocycles. The molecule has 7 heteroatoms. The van der Waals surface area contributed by atoms with E-state index in [-0.39, 0.29) is 0 Å². The molecule has 1 aromatic heterocycles. The second-order valence-electron chi connectivity index (χ2n) is 5.25. The van der Waals surface area contributed by atoms with Crippen molar-refractivity contribution in [2.24, 2.45) is 5.92 Å². The SMILES string of the molecule is CCc1nc(CN(C)CCC2CCS(=O)(=O)C2)no1. The van der Waals surface area contributed by atoms with E-state index in [0.717, 1.165) is 25.8 Å². The van der Waals surface area contributed by atoms with Crippen LogP contribution in [0, 0.1) is 5.92 Å². The fourth-order valence-electron chi connectivity index (χ4n) is 2.32. The third-order valence-electron chi connectivity index (χ3n) is 3.47. The molecule has 1 aliphatic heterocycles. The Morgan fingerprint density at radius 2 is 2.26 bits per heavy atom. The Hall–Kier alpha value is -0.950. The van der Waals surface area contributed by atoms with Crippen LogP contribution in [0.15, 0.2) is 4.52 Å². The number of sulfone groups is 1. The number of nitrogens with zero attached hydrogens (tertiary/aromatic N) is 3. The first-order chi connectivity index (χ1) is 8.98. The van der Waals surface area contributed by atoms with E-state index in [1.54, 1.807) is 0 Å². The van der Waals surface area contributed by atoms with Gasteiger partial charge in [-0.2, -0.15) is 4.98 Å². The minimum atomic E-state index is -2.76. The standard InChI is InChI=1S/C12H21N3O3S/c1-3-12-13-11(14-18-12)8-15(2)6-4-10-5-7-19(16,17)9-10/h10H,3-9H2,1-2H3. The maximum Gasteiger partial charge on any atom is 0.226 e. The Labute approximate surface area is 114 Å². The van der Waals surface area contributed by atoms with E-state index in [0.29, 0.717) is 35.7 Å². The third-order valence-corrected chi connectivity index (χ3v) is 5.31. The van der Waals surface area contributed by atoms with Crippen LogP contribution in [0.1, 0.15) is 31.5 Å². The molecule has 0 aromatic carbocycles. The van der Waals surface area contributed by atoms with E-state index < -0.39 is 9.84 Å². The van der Waals surface area contributed by atoms with E-state index in [2.05, 4.69) is 15.0 Å². The van der Waals surface area contributed by atoms with Crippen molar-refractivity contribution in [1.29, 1.82) is 0 Å². The smallest absolute Gasteiger partial charge is 0.226 e. The lowest BCUT2D eigenvalue weighted by atomic mass is 10.1. The van der Waals surface area contributed by atoms with Gasteiger partial charge in [-0.05, 0) is 32.4 Å². The predicted octanol–water partition coefficient (Wildman–Crippen LogP) is 0.889. The minimum absolute atomic E-state index is 0.309. The second-order valence-corrected chi connectivity index (χ2v) is 7.48. The Morgan fingerprint density at radius 1 is 1.47 bits per heavy atom. The molecule has 0 saturated carbocycles. The summed E-state index contributed by atoms with van der Waals surface area (Å²) in [7, 11) is -0.769. The highest BCUT2D eigenvalue weighted by atomic mass is 32.2. The second kappa shape index (κ2) is 6.00. The highest BCUT2D eigenvalue weighted by Gasteiger charge is 2.27. The van der Waals surface area contributed by atoms with Crippen LogP contribution in [0.2, 0.25) is 0 Å². The molecular formula is C12H21N3O3S. The summed E-state index contributed by atoms with van der Waals surface area (Å²) in [6, 6.07) is 0. The molecule has 1 unspecified atom stereocenters. The lowest BCUT2D eigenvalue weighted by Crippen LogP contribution is -2.22. The van der Waals surface area contributed by atoms with Gasteiger partial charge in [-0.3, -0.25) is 4.90 Å². The van der Waals surface area contributed by atoms with Gasteiger partial charge in [0.1, 0.15) is 0 Å². The Balaban J connectivity index is 1.74. The third kappa shape index (κ3) is 4.28. The molecule has 0 amide bonds. The summed E-state index contributed by atoms with van der Waals surface area (Å²) in [4.78, 5) is 6.36. The highest BCUT2D eigenvalue weighted by molar-refractivity contribution is 7.91. The molecule has 1 atom stereocenters. The van der Waals surface area contributed by atoms with Crippen LogP contribution in [-0.2, 0) is 22.8 Å². The van der Waals surface area contributed by atoms with E-state index in [9.17, 15) is 8.42 Å². The van der Waals surface area contributed by atoms with E-state index >= 15 is 0 Å². The minimum Gasteiger partial charge on any atom is -0.339 e. The highest BCUT2D eigenvalue weighted by Crippen LogP contribution is 2.21. The molecule has 108 valence electrons. The van der Waals surface area contributed by atoms with Crippen molar-refractivity contribution in [3.63, 3.8) is 0 Å². The maximum absolute atomic E-state index is 11.4. The van der Waals surface area contributed by atoms with Crippen molar-refractivity contribution >= 4 is 9.84 Å². The van der Waals surface area contributed by atoms with Gasteiger partial charge in [-0.1, -0.05) is 12.1 Å². The molecule has 2 rings (SSSR count). The van der Waals surface area contributed by atoms with Crippen LogP contribution in [0.3, 0.4) is 0 Å². The Bertz CT molecular complexity index is 512. The first kappa shape index (κ1) is 14.5. The molecule has 0 N–H and O–H groups in total. The molecular weight excluding hydrogens is 266 g/mol. The van der Waals surface area contributed by atoms with Crippen molar-refractivity contribution < 1.29 is 12.9 Å². The largest absolute Gasteiger partial charge is 0.339 e. The molecule has 1 aliphatic rings.